The molecule has 323 valence electrons. The number of carbonyl (C=O) groups is 1. The summed E-state index contributed by atoms with van der Waals surface area (Å²) >= 11 is 0. The van der Waals surface area contributed by atoms with E-state index in [0.29, 0.717) is 11.8 Å². The summed E-state index contributed by atoms with van der Waals surface area (Å²) in [6, 6.07) is 30.1. The van der Waals surface area contributed by atoms with Crippen molar-refractivity contribution in [3.8, 4) is 22.6 Å². The molecule has 2 heterocycles. The number of aliphatic hydroxyl groups is 1. The molecule has 0 aliphatic rings. The van der Waals surface area contributed by atoms with Crippen LogP contribution in [0, 0.1) is 23.3 Å². The number of aromatic nitrogens is 1. The van der Waals surface area contributed by atoms with Crippen molar-refractivity contribution in [2.75, 3.05) is 0 Å². The van der Waals surface area contributed by atoms with E-state index in [-0.39, 0.29) is 54.3 Å². The van der Waals surface area contributed by atoms with Crippen molar-refractivity contribution in [1.82, 2.24) is 4.98 Å². The first kappa shape index (κ1) is 48.6. The second kappa shape index (κ2) is 20.2. The summed E-state index contributed by atoms with van der Waals surface area (Å²) in [5.74, 6) is 2.18. The van der Waals surface area contributed by atoms with Gasteiger partial charge in [0.15, 0.2) is 5.78 Å². The first-order valence-electron chi connectivity index (χ1n) is 22.2. The van der Waals surface area contributed by atoms with Gasteiger partial charge in [-0.1, -0.05) is 150 Å². The van der Waals surface area contributed by atoms with Crippen LogP contribution in [0.25, 0.3) is 55.2 Å². The zero-order valence-corrected chi connectivity index (χ0v) is 41.3. The fraction of sp³-hybridized carbons (Fsp3) is 0.455. The van der Waals surface area contributed by atoms with E-state index in [4.69, 9.17) is 9.40 Å². The van der Waals surface area contributed by atoms with Crippen LogP contribution in [0.1, 0.15) is 157 Å². The van der Waals surface area contributed by atoms with E-state index >= 15 is 0 Å². The summed E-state index contributed by atoms with van der Waals surface area (Å²) in [6.45, 7) is 31.1. The van der Waals surface area contributed by atoms with E-state index in [0.717, 1.165) is 76.4 Å². The van der Waals surface area contributed by atoms with E-state index in [1.165, 1.54) is 39.3 Å². The van der Waals surface area contributed by atoms with E-state index in [1.807, 2.05) is 27.7 Å². The van der Waals surface area contributed by atoms with Gasteiger partial charge in [0.2, 0.25) is 0 Å². The van der Waals surface area contributed by atoms with Gasteiger partial charge < -0.3 is 9.52 Å². The molecular weight excluding hydrogens is 915 g/mol. The monoisotopic (exact) mass is 985 g/mol. The third kappa shape index (κ3) is 11.1. The largest absolute Gasteiger partial charge is 0.512 e. The summed E-state index contributed by atoms with van der Waals surface area (Å²) in [4.78, 5) is 17.0. The van der Waals surface area contributed by atoms with Gasteiger partial charge in [-0.15, -0.1) is 29.1 Å². The van der Waals surface area contributed by atoms with Crippen LogP contribution < -0.4 is 0 Å². The van der Waals surface area contributed by atoms with Gasteiger partial charge in [-0.05, 0) is 89.7 Å². The van der Waals surface area contributed by atoms with Gasteiger partial charge in [-0.2, -0.15) is 0 Å². The normalized spacial score (nSPS) is 12.5. The molecule has 0 aliphatic carbocycles. The van der Waals surface area contributed by atoms with Crippen LogP contribution >= 0.6 is 0 Å². The Morgan fingerprint density at radius 2 is 1.30 bits per heavy atom. The molecular formula is C55H70IrNO3-. The second-order valence-corrected chi connectivity index (χ2v) is 19.4. The van der Waals surface area contributed by atoms with E-state index in [9.17, 15) is 9.90 Å². The molecule has 0 aliphatic heterocycles. The number of ketones is 1. The number of aliphatic hydroxyl groups excluding tert-OH is 1. The Kier molecular flexibility index (Phi) is 16.4. The van der Waals surface area contributed by atoms with E-state index < -0.39 is 0 Å². The molecule has 60 heavy (non-hydrogen) atoms. The summed E-state index contributed by atoms with van der Waals surface area (Å²) in [6.07, 6.45) is 5.95. The third-order valence-electron chi connectivity index (χ3n) is 11.8. The van der Waals surface area contributed by atoms with Crippen LogP contribution in [-0.2, 0) is 36.7 Å². The molecule has 2 aromatic heterocycles. The van der Waals surface area contributed by atoms with Crippen LogP contribution in [0.2, 0.25) is 0 Å². The van der Waals surface area contributed by atoms with Crippen molar-refractivity contribution in [3.05, 3.63) is 113 Å². The quantitative estimate of drug-likeness (QED) is 0.0754. The van der Waals surface area contributed by atoms with E-state index in [1.54, 1.807) is 0 Å². The van der Waals surface area contributed by atoms with Crippen molar-refractivity contribution >= 4 is 38.4 Å². The number of fused-ring (bicyclic) bond motifs is 4. The number of allylic oxidation sites excluding steroid dienone is 2. The number of nitrogens with zero attached hydrogens (tertiary/aromatic N) is 1. The first-order chi connectivity index (χ1) is 27.8. The standard InChI is InChI=1S/C42H46NO.C13H24O2.Ir/c1-25(2)32-19-27(24-41(5,6)7)20-33(26(3)4)38(32)37-23-34-39(43-36-18-14-13-17-31(36)40(34)44-37)29-21-28-15-11-12-16-30(28)35(22-29)42(8,9)10;1-5-10(6-2)12(14)9-13(15)11(7-3)8-4;/h11-20,22-23,25-26H,24H2,1-10H3;9-11,14H,5-8H2,1-4H3;/q-1;;/b;12-9-;. The molecule has 4 aromatic carbocycles. The van der Waals surface area contributed by atoms with Gasteiger partial charge in [0, 0.05) is 60.0 Å². The third-order valence-corrected chi connectivity index (χ3v) is 11.8. The molecule has 0 spiro atoms. The molecule has 6 rings (SSSR count). The topological polar surface area (TPSA) is 63.3 Å². The summed E-state index contributed by atoms with van der Waals surface area (Å²) in [5, 5.41) is 14.2. The first-order valence-corrected chi connectivity index (χ1v) is 22.2. The van der Waals surface area contributed by atoms with Crippen LogP contribution in [-0.4, -0.2) is 15.9 Å². The molecule has 0 bridgehead atoms. The number of rotatable bonds is 12. The summed E-state index contributed by atoms with van der Waals surface area (Å²) in [5.41, 5.74) is 10.6. The maximum absolute atomic E-state index is 11.7. The Morgan fingerprint density at radius 1 is 0.750 bits per heavy atom. The Bertz CT molecular complexity index is 2400. The van der Waals surface area contributed by atoms with Gasteiger partial charge in [-0.25, -0.2) is 0 Å². The Hall–Kier alpha value is -4.05. The van der Waals surface area contributed by atoms with Gasteiger partial charge in [0.05, 0.1) is 11.3 Å². The molecule has 0 unspecified atom stereocenters. The SMILES string of the molecule is CC(C)c1cc(CC(C)(C)C)cc(C(C)C)c1-c1cc2c(-c3[c-]c4ccccc4c(C(C)(C)C)c3)nc3ccccc3c2o1.CCC(CC)C(=O)/C=C(\O)C(CC)CC.[Ir]. The van der Waals surface area contributed by atoms with Gasteiger partial charge in [-0.3, -0.25) is 9.78 Å². The molecule has 0 fully saturated rings. The molecule has 5 heteroatoms. The van der Waals surface area contributed by atoms with Crippen molar-refractivity contribution in [2.24, 2.45) is 17.3 Å². The van der Waals surface area contributed by atoms with Crippen molar-refractivity contribution in [2.45, 2.75) is 146 Å². The number of furan rings is 1. The Labute approximate surface area is 375 Å². The zero-order valence-electron chi connectivity index (χ0n) is 38.9. The number of hydrogen-bond acceptors (Lipinski definition) is 4. The predicted molar refractivity (Wildman–Crippen MR) is 253 cm³/mol. The Balaban J connectivity index is 0.000000425. The average molecular weight is 985 g/mol. The Morgan fingerprint density at radius 3 is 1.83 bits per heavy atom. The number of benzene rings is 4. The molecule has 1 radical (unpaired) electrons. The smallest absolute Gasteiger partial charge is 0.162 e. The number of carbonyl (C=O) groups excluding carboxylic acids is 1. The minimum absolute atomic E-state index is 0. The maximum Gasteiger partial charge on any atom is 0.162 e. The molecule has 0 amide bonds. The van der Waals surface area contributed by atoms with Gasteiger partial charge in [0.25, 0.3) is 0 Å². The fourth-order valence-electron chi connectivity index (χ4n) is 8.46. The predicted octanol–water partition coefficient (Wildman–Crippen LogP) is 16.3. The van der Waals surface area contributed by atoms with Gasteiger partial charge in [0.1, 0.15) is 11.3 Å². The molecule has 1 N–H and O–H groups in total. The number of hydrogen-bond donors (Lipinski definition) is 1. The van der Waals surface area contributed by atoms with E-state index in [2.05, 4.69) is 148 Å². The van der Waals surface area contributed by atoms with Gasteiger partial charge >= 0.3 is 0 Å². The molecule has 0 saturated heterocycles. The minimum atomic E-state index is -0.0336. The van der Waals surface area contributed by atoms with Crippen LogP contribution in [0.3, 0.4) is 0 Å². The van der Waals surface area contributed by atoms with Crippen molar-refractivity contribution in [1.29, 1.82) is 0 Å². The summed E-state index contributed by atoms with van der Waals surface area (Å²) in [7, 11) is 0. The average Bonchev–Trinajstić information content (AvgIpc) is 3.62. The zero-order chi connectivity index (χ0) is 43.4. The molecule has 4 nitrogen and oxygen atoms in total. The molecule has 0 atom stereocenters. The van der Waals surface area contributed by atoms with Crippen molar-refractivity contribution in [3.63, 3.8) is 0 Å². The van der Waals surface area contributed by atoms with Crippen LogP contribution in [0.15, 0.2) is 89.0 Å². The number of pyridine rings is 1. The molecule has 0 saturated carbocycles. The summed E-state index contributed by atoms with van der Waals surface area (Å²) < 4.78 is 6.98. The van der Waals surface area contributed by atoms with Crippen LogP contribution in [0.5, 0.6) is 0 Å². The molecule has 6 aromatic rings. The van der Waals surface area contributed by atoms with Crippen LogP contribution in [0.4, 0.5) is 0 Å². The fourth-order valence-corrected chi connectivity index (χ4v) is 8.46. The minimum Gasteiger partial charge on any atom is -0.512 e. The maximum atomic E-state index is 11.7. The van der Waals surface area contributed by atoms with Crippen molar-refractivity contribution < 1.29 is 34.4 Å². The second-order valence-electron chi connectivity index (χ2n) is 19.4. The number of para-hydroxylation sites is 1.